The molecular weight excluding hydrogens is 280 g/mol. The van der Waals surface area contributed by atoms with Gasteiger partial charge < -0.3 is 5.73 Å². The van der Waals surface area contributed by atoms with Gasteiger partial charge in [-0.3, -0.25) is 4.90 Å². The number of nitrogens with two attached hydrogens (primary N) is 1. The van der Waals surface area contributed by atoms with Gasteiger partial charge in [0.1, 0.15) is 0 Å². The van der Waals surface area contributed by atoms with Crippen LogP contribution >= 0.6 is 11.6 Å². The second-order valence-corrected chi connectivity index (χ2v) is 6.00. The first-order chi connectivity index (χ1) is 10.0. The summed E-state index contributed by atoms with van der Waals surface area (Å²) >= 11 is 5.97. The van der Waals surface area contributed by atoms with Crippen LogP contribution in [0.2, 0.25) is 5.02 Å². The molecule has 2 aromatic carbocycles. The van der Waals surface area contributed by atoms with Crippen LogP contribution < -0.4 is 5.73 Å². The molecule has 0 saturated heterocycles. The van der Waals surface area contributed by atoms with E-state index in [1.54, 1.807) is 0 Å². The molecular formula is C18H23ClN2. The van der Waals surface area contributed by atoms with Crippen molar-refractivity contribution in [3.8, 4) is 0 Å². The van der Waals surface area contributed by atoms with E-state index < -0.39 is 0 Å². The van der Waals surface area contributed by atoms with Crippen LogP contribution in [-0.2, 0) is 0 Å². The quantitative estimate of drug-likeness (QED) is 0.890. The Bertz CT molecular complexity index is 580. The Morgan fingerprint density at radius 3 is 2.33 bits per heavy atom. The van der Waals surface area contributed by atoms with Crippen molar-refractivity contribution in [3.05, 3.63) is 70.2 Å². The maximum absolute atomic E-state index is 6.03. The number of aryl methyl sites for hydroxylation is 1. The molecule has 0 amide bonds. The molecule has 0 aliphatic rings. The third-order valence-corrected chi connectivity index (χ3v) is 4.36. The highest BCUT2D eigenvalue weighted by atomic mass is 35.5. The summed E-state index contributed by atoms with van der Waals surface area (Å²) in [6.07, 6.45) is 0. The van der Waals surface area contributed by atoms with E-state index in [1.807, 2.05) is 12.1 Å². The zero-order valence-corrected chi connectivity index (χ0v) is 13.6. The van der Waals surface area contributed by atoms with Gasteiger partial charge in [0.05, 0.1) is 0 Å². The van der Waals surface area contributed by atoms with Crippen LogP contribution in [0, 0.1) is 6.92 Å². The molecule has 2 N–H and O–H groups in total. The van der Waals surface area contributed by atoms with Crippen LogP contribution in [0.3, 0.4) is 0 Å². The average molecular weight is 303 g/mol. The van der Waals surface area contributed by atoms with Crippen molar-refractivity contribution in [1.29, 1.82) is 0 Å². The van der Waals surface area contributed by atoms with Crippen LogP contribution in [0.5, 0.6) is 0 Å². The summed E-state index contributed by atoms with van der Waals surface area (Å²) < 4.78 is 0. The first kappa shape index (κ1) is 16.0. The number of hydrogen-bond acceptors (Lipinski definition) is 2. The SMILES string of the molecule is Cc1cccc(C(CN)N(C)C(C)c2ccc(Cl)cc2)c1. The molecule has 0 aromatic heterocycles. The van der Waals surface area contributed by atoms with Crippen LogP contribution in [-0.4, -0.2) is 18.5 Å². The van der Waals surface area contributed by atoms with E-state index in [4.69, 9.17) is 17.3 Å². The predicted molar refractivity (Wildman–Crippen MR) is 90.6 cm³/mol. The summed E-state index contributed by atoms with van der Waals surface area (Å²) in [5, 5.41) is 0.766. The molecule has 0 fully saturated rings. The van der Waals surface area contributed by atoms with Crippen LogP contribution in [0.15, 0.2) is 48.5 Å². The van der Waals surface area contributed by atoms with Crippen LogP contribution in [0.4, 0.5) is 0 Å². The van der Waals surface area contributed by atoms with Crippen molar-refractivity contribution in [2.75, 3.05) is 13.6 Å². The molecule has 2 nitrogen and oxygen atoms in total. The van der Waals surface area contributed by atoms with Gasteiger partial charge in [-0.05, 0) is 44.2 Å². The zero-order valence-electron chi connectivity index (χ0n) is 12.9. The van der Waals surface area contributed by atoms with Crippen LogP contribution in [0.25, 0.3) is 0 Å². The van der Waals surface area contributed by atoms with Crippen molar-refractivity contribution >= 4 is 11.6 Å². The van der Waals surface area contributed by atoms with E-state index in [9.17, 15) is 0 Å². The fourth-order valence-corrected chi connectivity index (χ4v) is 2.79. The van der Waals surface area contributed by atoms with Crippen molar-refractivity contribution in [2.24, 2.45) is 5.73 Å². The lowest BCUT2D eigenvalue weighted by Gasteiger charge is -2.33. The molecule has 112 valence electrons. The summed E-state index contributed by atoms with van der Waals surface area (Å²) in [6, 6.07) is 17.1. The van der Waals surface area contributed by atoms with E-state index >= 15 is 0 Å². The molecule has 2 unspecified atom stereocenters. The van der Waals surface area contributed by atoms with Crippen molar-refractivity contribution in [2.45, 2.75) is 25.9 Å². The van der Waals surface area contributed by atoms with Gasteiger partial charge in [-0.15, -0.1) is 0 Å². The number of likely N-dealkylation sites (N-methyl/N-ethyl adjacent to an activating group) is 1. The van der Waals surface area contributed by atoms with Crippen LogP contribution in [0.1, 0.15) is 35.7 Å². The summed E-state index contributed by atoms with van der Waals surface area (Å²) in [5.74, 6) is 0. The Morgan fingerprint density at radius 1 is 1.10 bits per heavy atom. The molecule has 0 saturated carbocycles. The number of benzene rings is 2. The maximum Gasteiger partial charge on any atom is 0.0473 e. The van der Waals surface area contributed by atoms with Gasteiger partial charge in [0.2, 0.25) is 0 Å². The van der Waals surface area contributed by atoms with E-state index in [2.05, 4.69) is 62.2 Å². The smallest absolute Gasteiger partial charge is 0.0473 e. The number of rotatable bonds is 5. The van der Waals surface area contributed by atoms with Gasteiger partial charge in [0.25, 0.3) is 0 Å². The second kappa shape index (κ2) is 7.08. The monoisotopic (exact) mass is 302 g/mol. The fraction of sp³-hybridized carbons (Fsp3) is 0.333. The highest BCUT2D eigenvalue weighted by Gasteiger charge is 2.21. The van der Waals surface area contributed by atoms with E-state index in [0.717, 1.165) is 5.02 Å². The minimum absolute atomic E-state index is 0.204. The Labute approximate surface area is 132 Å². The van der Waals surface area contributed by atoms with Crippen molar-refractivity contribution in [3.63, 3.8) is 0 Å². The van der Waals surface area contributed by atoms with E-state index in [1.165, 1.54) is 16.7 Å². The summed E-state index contributed by atoms with van der Waals surface area (Å²) in [4.78, 5) is 2.32. The highest BCUT2D eigenvalue weighted by Crippen LogP contribution is 2.29. The Hall–Kier alpha value is -1.35. The van der Waals surface area contributed by atoms with E-state index in [-0.39, 0.29) is 12.1 Å². The molecule has 2 atom stereocenters. The Kier molecular flexibility index (Phi) is 5.40. The zero-order chi connectivity index (χ0) is 15.4. The maximum atomic E-state index is 6.03. The van der Waals surface area contributed by atoms with Crippen molar-refractivity contribution < 1.29 is 0 Å². The average Bonchev–Trinajstić information content (AvgIpc) is 2.48. The predicted octanol–water partition coefficient (Wildman–Crippen LogP) is 4.34. The minimum Gasteiger partial charge on any atom is -0.329 e. The molecule has 2 rings (SSSR count). The molecule has 2 aromatic rings. The third-order valence-electron chi connectivity index (χ3n) is 4.11. The standard InChI is InChI=1S/C18H23ClN2/c1-13-5-4-6-16(11-13)18(12-20)21(3)14(2)15-7-9-17(19)10-8-15/h4-11,14,18H,12,20H2,1-3H3. The molecule has 0 aliphatic heterocycles. The molecule has 0 aliphatic carbocycles. The third kappa shape index (κ3) is 3.85. The number of hydrogen-bond donors (Lipinski definition) is 1. The molecule has 3 heteroatoms. The number of halogens is 1. The molecule has 0 bridgehead atoms. The highest BCUT2D eigenvalue weighted by molar-refractivity contribution is 6.30. The summed E-state index contributed by atoms with van der Waals surface area (Å²) in [6.45, 7) is 4.90. The topological polar surface area (TPSA) is 29.3 Å². The first-order valence-electron chi connectivity index (χ1n) is 7.27. The van der Waals surface area contributed by atoms with Gasteiger partial charge in [0.15, 0.2) is 0 Å². The van der Waals surface area contributed by atoms with Gasteiger partial charge in [0, 0.05) is 23.7 Å². The van der Waals surface area contributed by atoms with Crippen molar-refractivity contribution in [1.82, 2.24) is 4.90 Å². The molecule has 0 spiro atoms. The molecule has 0 heterocycles. The summed E-state index contributed by atoms with van der Waals surface area (Å²) in [7, 11) is 2.12. The van der Waals surface area contributed by atoms with Gasteiger partial charge >= 0.3 is 0 Å². The normalized spacial score (nSPS) is 14.2. The molecule has 0 radical (unpaired) electrons. The largest absolute Gasteiger partial charge is 0.329 e. The fourth-order valence-electron chi connectivity index (χ4n) is 2.66. The van der Waals surface area contributed by atoms with Gasteiger partial charge in [-0.1, -0.05) is 53.6 Å². The Morgan fingerprint density at radius 2 is 1.76 bits per heavy atom. The minimum atomic E-state index is 0.204. The number of nitrogens with zero attached hydrogens (tertiary/aromatic N) is 1. The Balaban J connectivity index is 2.23. The van der Waals surface area contributed by atoms with E-state index in [0.29, 0.717) is 6.54 Å². The lowest BCUT2D eigenvalue weighted by atomic mass is 9.99. The second-order valence-electron chi connectivity index (χ2n) is 5.56. The lowest BCUT2D eigenvalue weighted by Crippen LogP contribution is -2.32. The lowest BCUT2D eigenvalue weighted by molar-refractivity contribution is 0.190. The first-order valence-corrected chi connectivity index (χ1v) is 7.64. The molecule has 21 heavy (non-hydrogen) atoms. The van der Waals surface area contributed by atoms with Gasteiger partial charge in [-0.25, -0.2) is 0 Å². The summed E-state index contributed by atoms with van der Waals surface area (Å²) in [5.41, 5.74) is 9.80. The van der Waals surface area contributed by atoms with Gasteiger partial charge in [-0.2, -0.15) is 0 Å².